The number of aliphatic hydroxyl groups is 1. The van der Waals surface area contributed by atoms with Crippen LogP contribution in [0.15, 0.2) is 23.8 Å². The SMILES string of the molecule is CC[NH2+]C1C=CC(CC)CC1C(CCCO)OC(=O)C12OC1(CC=C(C)CC(NC(N)=[NH+]C)C1CC[NH2+]C(N)C1)C(=O)C1CCCCC1C2=O. The van der Waals surface area contributed by atoms with Gasteiger partial charge in [-0.25, -0.2) is 4.79 Å². The predicted octanol–water partition coefficient (Wildman–Crippen LogP) is -1.34. The normalized spacial score (nSPS) is 37.0. The van der Waals surface area contributed by atoms with Crippen LogP contribution in [0.5, 0.6) is 0 Å². The molecule has 50 heavy (non-hydrogen) atoms. The van der Waals surface area contributed by atoms with Crippen LogP contribution < -0.4 is 32.4 Å². The molecule has 280 valence electrons. The molecule has 0 radical (unpaired) electrons. The summed E-state index contributed by atoms with van der Waals surface area (Å²) in [6.45, 7) is 8.09. The Labute approximate surface area is 298 Å². The molecule has 11 N–H and O–H groups in total. The summed E-state index contributed by atoms with van der Waals surface area (Å²) >= 11 is 0. The zero-order chi connectivity index (χ0) is 36.1. The van der Waals surface area contributed by atoms with Gasteiger partial charge in [-0.2, -0.15) is 0 Å². The summed E-state index contributed by atoms with van der Waals surface area (Å²) in [4.78, 5) is 46.5. The van der Waals surface area contributed by atoms with Crippen LogP contribution in [0.4, 0.5) is 0 Å². The second-order valence-corrected chi connectivity index (χ2v) is 15.7. The molecular weight excluding hydrogens is 636 g/mol. The van der Waals surface area contributed by atoms with E-state index in [2.05, 4.69) is 46.9 Å². The van der Waals surface area contributed by atoms with Gasteiger partial charge in [-0.05, 0) is 64.4 Å². The molecule has 2 saturated carbocycles. The summed E-state index contributed by atoms with van der Waals surface area (Å²) < 4.78 is 12.8. The van der Waals surface area contributed by atoms with Gasteiger partial charge in [-0.3, -0.25) is 31.4 Å². The van der Waals surface area contributed by atoms with Crippen LogP contribution in [0.2, 0.25) is 0 Å². The smallest absolute Gasteiger partial charge is 0.350 e. The number of likely N-dealkylation sites (N-methyl/N-ethyl adjacent to an activating group) is 1. The Morgan fingerprint density at radius 1 is 1.20 bits per heavy atom. The highest BCUT2D eigenvalue weighted by atomic mass is 16.7. The highest BCUT2D eigenvalue weighted by Crippen LogP contribution is 2.61. The summed E-state index contributed by atoms with van der Waals surface area (Å²) in [5, 5.41) is 17.6. The number of piperidine rings is 1. The van der Waals surface area contributed by atoms with E-state index in [9.17, 15) is 19.5 Å². The molecule has 0 aromatic rings. The topological polar surface area (TPSA) is 204 Å². The molecule has 11 atom stereocenters. The first-order valence-electron chi connectivity index (χ1n) is 19.5. The minimum Gasteiger partial charge on any atom is -0.459 e. The maximum Gasteiger partial charge on any atom is 0.350 e. The quantitative estimate of drug-likeness (QED) is 0.0269. The fourth-order valence-electron chi connectivity index (χ4n) is 9.54. The van der Waals surface area contributed by atoms with Crippen molar-refractivity contribution in [2.75, 3.05) is 26.7 Å². The van der Waals surface area contributed by atoms with Gasteiger partial charge in [0.15, 0.2) is 17.2 Å². The summed E-state index contributed by atoms with van der Waals surface area (Å²) in [6, 6.07) is 0.139. The van der Waals surface area contributed by atoms with Gasteiger partial charge >= 0.3 is 11.9 Å². The van der Waals surface area contributed by atoms with E-state index in [4.69, 9.17) is 20.9 Å². The molecule has 12 heteroatoms. The van der Waals surface area contributed by atoms with Crippen LogP contribution in [0, 0.1) is 29.6 Å². The Bertz CT molecular complexity index is 1320. The van der Waals surface area contributed by atoms with Crippen LogP contribution >= 0.6 is 0 Å². The first-order chi connectivity index (χ1) is 24.0. The average Bonchev–Trinajstić information content (AvgIpc) is 3.83. The van der Waals surface area contributed by atoms with Crippen LogP contribution in [0.1, 0.15) is 97.8 Å². The zero-order valence-electron chi connectivity index (χ0n) is 30.8. The second kappa shape index (κ2) is 16.8. The molecule has 11 unspecified atom stereocenters. The summed E-state index contributed by atoms with van der Waals surface area (Å²) in [6.07, 6.45) is 14.4. The van der Waals surface area contributed by atoms with E-state index in [-0.39, 0.29) is 48.8 Å². The molecule has 3 aliphatic carbocycles. The minimum absolute atomic E-state index is 0.0145. The molecule has 2 saturated heterocycles. The van der Waals surface area contributed by atoms with Crippen LogP contribution in [-0.2, 0) is 23.9 Å². The molecule has 0 bridgehead atoms. The van der Waals surface area contributed by atoms with Gasteiger partial charge in [0.25, 0.3) is 5.60 Å². The van der Waals surface area contributed by atoms with Gasteiger partial charge in [0.05, 0.1) is 32.1 Å². The van der Waals surface area contributed by atoms with E-state index < -0.39 is 35.1 Å². The summed E-state index contributed by atoms with van der Waals surface area (Å²) in [5.41, 5.74) is 10.0. The Hall–Kier alpha value is -2.64. The fraction of sp³-hybridized carbons (Fsp3) is 0.789. The number of allylic oxidation sites excluding steroid dienone is 1. The number of ketones is 2. The lowest BCUT2D eigenvalue weighted by atomic mass is 9.61. The van der Waals surface area contributed by atoms with Crippen molar-refractivity contribution in [1.29, 1.82) is 0 Å². The highest BCUT2D eigenvalue weighted by Gasteiger charge is 2.87. The average molecular weight is 702 g/mol. The van der Waals surface area contributed by atoms with Gasteiger partial charge in [0.1, 0.15) is 18.3 Å². The minimum atomic E-state index is -1.93. The Morgan fingerprint density at radius 3 is 2.60 bits per heavy atom. The van der Waals surface area contributed by atoms with Gasteiger partial charge in [0.2, 0.25) is 0 Å². The van der Waals surface area contributed by atoms with Gasteiger partial charge in [-0.1, -0.05) is 37.5 Å². The number of guanidine groups is 1. The van der Waals surface area contributed by atoms with E-state index >= 15 is 0 Å². The van der Waals surface area contributed by atoms with Crippen LogP contribution in [-0.4, -0.2) is 90.9 Å². The monoisotopic (exact) mass is 701 g/mol. The van der Waals surface area contributed by atoms with Crippen molar-refractivity contribution in [1.82, 2.24) is 5.32 Å². The molecule has 4 fully saturated rings. The number of nitrogens with two attached hydrogens (primary N) is 4. The molecule has 0 amide bonds. The number of rotatable bonds is 15. The third kappa shape index (κ3) is 7.74. The number of hydrogen-bond donors (Lipinski definition) is 7. The molecule has 0 aromatic carbocycles. The van der Waals surface area contributed by atoms with E-state index in [1.807, 2.05) is 13.0 Å². The number of carbonyl (C=O) groups excluding carboxylic acids is 3. The number of Topliss-reactive ketones (excluding diaryl/α,β-unsaturated/α-hetero) is 2. The number of fused-ring (bicyclic) bond motifs is 2. The largest absolute Gasteiger partial charge is 0.459 e. The van der Waals surface area contributed by atoms with Crippen molar-refractivity contribution >= 4 is 23.5 Å². The third-order valence-electron chi connectivity index (χ3n) is 12.5. The molecule has 5 aliphatic rings. The fourth-order valence-corrected chi connectivity index (χ4v) is 9.54. The Balaban J connectivity index is 1.42. The van der Waals surface area contributed by atoms with Crippen molar-refractivity contribution in [2.45, 2.75) is 133 Å². The van der Waals surface area contributed by atoms with Crippen LogP contribution in [0.25, 0.3) is 0 Å². The maximum atomic E-state index is 14.6. The van der Waals surface area contributed by atoms with Gasteiger partial charge in [-0.15, -0.1) is 0 Å². The molecule has 12 nitrogen and oxygen atoms in total. The number of aliphatic hydroxyl groups excluding tert-OH is 1. The molecular formula is C38H65N6O6+3. The van der Waals surface area contributed by atoms with Crippen molar-refractivity contribution in [3.05, 3.63) is 23.8 Å². The lowest BCUT2D eigenvalue weighted by molar-refractivity contribution is -0.699. The number of carbonyl (C=O) groups is 3. The van der Waals surface area contributed by atoms with Gasteiger partial charge < -0.3 is 25.2 Å². The lowest BCUT2D eigenvalue weighted by Gasteiger charge is -2.38. The molecule has 5 rings (SSSR count). The number of ether oxygens (including phenoxy) is 2. The van der Waals surface area contributed by atoms with E-state index in [1.54, 1.807) is 7.05 Å². The van der Waals surface area contributed by atoms with Crippen molar-refractivity contribution in [2.24, 2.45) is 41.1 Å². The van der Waals surface area contributed by atoms with Crippen LogP contribution in [0.3, 0.4) is 0 Å². The van der Waals surface area contributed by atoms with Gasteiger partial charge in [0, 0.05) is 50.0 Å². The molecule has 0 aromatic heterocycles. The predicted molar refractivity (Wildman–Crippen MR) is 189 cm³/mol. The van der Waals surface area contributed by atoms with E-state index in [0.717, 1.165) is 57.2 Å². The Kier molecular flexibility index (Phi) is 13.0. The van der Waals surface area contributed by atoms with Crippen molar-refractivity contribution in [3.8, 4) is 0 Å². The number of hydrogen-bond acceptors (Lipinski definition) is 7. The Morgan fingerprint density at radius 2 is 1.94 bits per heavy atom. The number of epoxide rings is 1. The number of esters is 1. The summed E-state index contributed by atoms with van der Waals surface area (Å²) in [7, 11) is 1.78. The molecule has 0 spiro atoms. The second-order valence-electron chi connectivity index (χ2n) is 15.7. The standard InChI is InChI=1S/C38H62N6O6/c1-5-24-13-14-29(42-6-2)28(21-24)31(12-9-19-45)49-35(48)38-34(47)27-11-8-7-10-26(27)33(46)37(38,50-38)17-15-23(3)20-30(44-36(40)41-4)25-16-18-43-32(39)22-25/h13-15,24-32,42-43,45H,5-12,16-22,39H2,1-4H3,(H3,40,41,44)/p+3. The number of nitrogens with one attached hydrogen (secondary N) is 2. The van der Waals surface area contributed by atoms with Crippen molar-refractivity contribution < 1.29 is 44.6 Å². The van der Waals surface area contributed by atoms with Crippen molar-refractivity contribution in [3.63, 3.8) is 0 Å². The summed E-state index contributed by atoms with van der Waals surface area (Å²) in [5.74, 6) is -0.926. The molecule has 2 heterocycles. The number of quaternary nitrogens is 2. The van der Waals surface area contributed by atoms with E-state index in [1.165, 1.54) is 0 Å². The lowest BCUT2D eigenvalue weighted by Crippen LogP contribution is -2.95. The molecule has 2 aliphatic heterocycles. The maximum absolute atomic E-state index is 14.6. The first kappa shape index (κ1) is 38.6. The third-order valence-corrected chi connectivity index (χ3v) is 12.5. The first-order valence-corrected chi connectivity index (χ1v) is 19.5. The van der Waals surface area contributed by atoms with E-state index in [0.29, 0.717) is 49.9 Å². The zero-order valence-corrected chi connectivity index (χ0v) is 30.8. The highest BCUT2D eigenvalue weighted by molar-refractivity contribution is 6.23.